The van der Waals surface area contributed by atoms with Gasteiger partial charge in [-0.05, 0) is 18.2 Å². The lowest BCUT2D eigenvalue weighted by Gasteiger charge is -2.30. The summed E-state index contributed by atoms with van der Waals surface area (Å²) in [5, 5.41) is 3.08. The van der Waals surface area contributed by atoms with Gasteiger partial charge in [-0.15, -0.1) is 0 Å². The molecule has 0 aliphatic carbocycles. The van der Waals surface area contributed by atoms with E-state index in [1.165, 1.54) is 0 Å². The Morgan fingerprint density at radius 1 is 1.13 bits per heavy atom. The number of aromatic nitrogens is 4. The second kappa shape index (κ2) is 4.89. The minimum absolute atomic E-state index is 0.298. The summed E-state index contributed by atoms with van der Waals surface area (Å²) in [7, 11) is 0. The van der Waals surface area contributed by atoms with Gasteiger partial charge in [-0.2, -0.15) is 0 Å². The van der Waals surface area contributed by atoms with Crippen molar-refractivity contribution in [3.8, 4) is 0 Å². The first-order valence-electron chi connectivity index (χ1n) is 6.99. The van der Waals surface area contributed by atoms with Crippen LogP contribution < -0.4 is 16.8 Å². The lowest BCUT2D eigenvalue weighted by atomic mass is 10.1. The van der Waals surface area contributed by atoms with Crippen molar-refractivity contribution in [3.05, 3.63) is 60.4 Å². The van der Waals surface area contributed by atoms with E-state index in [4.69, 9.17) is 11.5 Å². The zero-order chi connectivity index (χ0) is 15.9. The van der Waals surface area contributed by atoms with Crippen LogP contribution in [0.2, 0.25) is 0 Å². The highest BCUT2D eigenvalue weighted by atomic mass is 15.3. The Morgan fingerprint density at radius 3 is 2.74 bits per heavy atom. The molecule has 4 heterocycles. The van der Waals surface area contributed by atoms with E-state index < -0.39 is 5.79 Å². The van der Waals surface area contributed by atoms with Crippen molar-refractivity contribution in [1.82, 2.24) is 25.3 Å². The molecule has 1 aliphatic heterocycles. The van der Waals surface area contributed by atoms with E-state index in [-0.39, 0.29) is 0 Å². The van der Waals surface area contributed by atoms with Crippen LogP contribution in [0.4, 0.5) is 0 Å². The number of nitrogens with one attached hydrogen (secondary N) is 2. The van der Waals surface area contributed by atoms with Crippen LogP contribution in [-0.2, 0) is 5.79 Å². The van der Waals surface area contributed by atoms with Crippen molar-refractivity contribution in [2.75, 3.05) is 0 Å². The first kappa shape index (κ1) is 13.4. The Hall–Kier alpha value is -3.26. The van der Waals surface area contributed by atoms with Crippen LogP contribution in [0.1, 0.15) is 11.3 Å². The van der Waals surface area contributed by atoms with Crippen molar-refractivity contribution in [1.29, 1.82) is 0 Å². The van der Waals surface area contributed by atoms with Gasteiger partial charge in [-0.1, -0.05) is 0 Å². The average molecular weight is 306 g/mol. The number of aromatic amines is 1. The molecule has 8 nitrogen and oxygen atoms in total. The molecule has 114 valence electrons. The number of aliphatic imine (C=N–C) groups is 1. The van der Waals surface area contributed by atoms with Gasteiger partial charge in [0.15, 0.2) is 5.65 Å². The maximum Gasteiger partial charge on any atom is 0.211 e. The molecule has 8 heteroatoms. The molecule has 1 atom stereocenters. The fourth-order valence-electron chi connectivity index (χ4n) is 2.46. The third kappa shape index (κ3) is 2.21. The Labute approximate surface area is 131 Å². The second-order valence-electron chi connectivity index (χ2n) is 5.17. The van der Waals surface area contributed by atoms with Gasteiger partial charge in [-0.25, -0.2) is 15.0 Å². The van der Waals surface area contributed by atoms with E-state index >= 15 is 0 Å². The number of nitrogens with two attached hydrogens (primary N) is 2. The molecule has 0 saturated carbocycles. The Kier molecular flexibility index (Phi) is 2.85. The van der Waals surface area contributed by atoms with Crippen LogP contribution >= 0.6 is 0 Å². The average Bonchev–Trinajstić information content (AvgIpc) is 3.03. The molecule has 1 aliphatic rings. The van der Waals surface area contributed by atoms with E-state index in [0.717, 1.165) is 16.7 Å². The molecule has 3 aromatic heterocycles. The molecule has 0 bridgehead atoms. The minimum Gasteiger partial charge on any atom is -0.383 e. The lowest BCUT2D eigenvalue weighted by molar-refractivity contribution is 0.410. The fourth-order valence-corrected chi connectivity index (χ4v) is 2.46. The first-order valence-corrected chi connectivity index (χ1v) is 6.99. The molecule has 3 aromatic rings. The monoisotopic (exact) mass is 306 g/mol. The van der Waals surface area contributed by atoms with E-state index in [2.05, 4.69) is 30.2 Å². The number of H-pyrrole nitrogens is 1. The highest BCUT2D eigenvalue weighted by molar-refractivity contribution is 6.22. The molecular formula is C15H14N8. The Balaban J connectivity index is 1.72. The lowest BCUT2D eigenvalue weighted by Crippen LogP contribution is -2.50. The minimum atomic E-state index is -1.12. The molecular weight excluding hydrogens is 292 g/mol. The van der Waals surface area contributed by atoms with Gasteiger partial charge >= 0.3 is 0 Å². The van der Waals surface area contributed by atoms with Crippen LogP contribution in [0.15, 0.2) is 54.2 Å². The molecule has 23 heavy (non-hydrogen) atoms. The number of amidine groups is 1. The normalized spacial score (nSPS) is 20.7. The Morgan fingerprint density at radius 2 is 1.96 bits per heavy atom. The third-order valence-corrected chi connectivity index (χ3v) is 3.67. The highest BCUT2D eigenvalue weighted by Crippen LogP contribution is 2.24. The van der Waals surface area contributed by atoms with Gasteiger partial charge in [0.1, 0.15) is 11.4 Å². The predicted molar refractivity (Wildman–Crippen MR) is 86.7 cm³/mol. The van der Waals surface area contributed by atoms with Gasteiger partial charge in [-0.3, -0.25) is 10.7 Å². The summed E-state index contributed by atoms with van der Waals surface area (Å²) >= 11 is 0. The van der Waals surface area contributed by atoms with E-state index in [1.54, 1.807) is 43.1 Å². The number of nitrogens with zero attached hydrogens (tertiary/aromatic N) is 4. The van der Waals surface area contributed by atoms with Gasteiger partial charge in [0.25, 0.3) is 0 Å². The molecule has 0 aromatic carbocycles. The molecule has 0 radical (unpaired) electrons. The van der Waals surface area contributed by atoms with Crippen molar-refractivity contribution in [2.45, 2.75) is 5.79 Å². The number of hydrogen-bond acceptors (Lipinski definition) is 7. The van der Waals surface area contributed by atoms with Crippen LogP contribution in [-0.4, -0.2) is 25.8 Å². The smallest absolute Gasteiger partial charge is 0.211 e. The van der Waals surface area contributed by atoms with E-state index in [0.29, 0.717) is 17.1 Å². The topological polar surface area (TPSA) is 131 Å². The molecule has 0 spiro atoms. The van der Waals surface area contributed by atoms with Crippen LogP contribution in [0, 0.1) is 0 Å². The van der Waals surface area contributed by atoms with Gasteiger partial charge in [0.05, 0.1) is 17.5 Å². The molecule has 1 unspecified atom stereocenters. The summed E-state index contributed by atoms with van der Waals surface area (Å²) < 4.78 is 0. The summed E-state index contributed by atoms with van der Waals surface area (Å²) in [5.74, 6) is -0.825. The standard InChI is InChI=1S/C15H14N8/c16-13-10(12-8-20-14-11(22-12)3-6-19-14)7-21-15(17,23-13)9-1-4-18-5-2-9/h1-8,21H,17H2,(H2,16,23)(H,19,20). The number of rotatable bonds is 2. The Bertz CT molecular complexity index is 927. The van der Waals surface area contributed by atoms with Crippen molar-refractivity contribution >= 4 is 22.6 Å². The molecule has 0 saturated heterocycles. The third-order valence-electron chi connectivity index (χ3n) is 3.67. The second-order valence-corrected chi connectivity index (χ2v) is 5.17. The quantitative estimate of drug-likeness (QED) is 0.543. The summed E-state index contributed by atoms with van der Waals surface area (Å²) in [5.41, 5.74) is 15.9. The van der Waals surface area contributed by atoms with Gasteiger partial charge < -0.3 is 16.0 Å². The maximum atomic E-state index is 6.29. The van der Waals surface area contributed by atoms with Crippen molar-refractivity contribution in [3.63, 3.8) is 0 Å². The molecule has 4 rings (SSSR count). The molecule has 0 amide bonds. The predicted octanol–water partition coefficient (Wildman–Crippen LogP) is 0.423. The number of hydrogen-bond donors (Lipinski definition) is 4. The molecule has 6 N–H and O–H groups in total. The van der Waals surface area contributed by atoms with E-state index in [9.17, 15) is 0 Å². The largest absolute Gasteiger partial charge is 0.383 e. The summed E-state index contributed by atoms with van der Waals surface area (Å²) in [6, 6.07) is 5.42. The summed E-state index contributed by atoms with van der Waals surface area (Å²) in [6.07, 6.45) is 8.45. The van der Waals surface area contributed by atoms with E-state index in [1.807, 2.05) is 6.07 Å². The maximum absolute atomic E-state index is 6.29. The SMILES string of the molecule is NC1=NC(N)(c2ccncc2)NC=C1c1cnc2[nH]ccc2n1. The fraction of sp³-hybridized carbons (Fsp3) is 0.0667. The first-order chi connectivity index (χ1) is 11.2. The zero-order valence-electron chi connectivity index (χ0n) is 12.1. The number of pyridine rings is 1. The summed E-state index contributed by atoms with van der Waals surface area (Å²) in [6.45, 7) is 0. The molecule has 0 fully saturated rings. The van der Waals surface area contributed by atoms with Crippen molar-refractivity contribution in [2.24, 2.45) is 16.5 Å². The zero-order valence-corrected chi connectivity index (χ0v) is 12.1. The van der Waals surface area contributed by atoms with Gasteiger partial charge in [0.2, 0.25) is 5.79 Å². The number of fused-ring (bicyclic) bond motifs is 1. The van der Waals surface area contributed by atoms with Crippen LogP contribution in [0.5, 0.6) is 0 Å². The highest BCUT2D eigenvalue weighted by Gasteiger charge is 2.30. The van der Waals surface area contributed by atoms with Crippen molar-refractivity contribution < 1.29 is 0 Å². The van der Waals surface area contributed by atoms with Crippen LogP contribution in [0.25, 0.3) is 16.7 Å². The van der Waals surface area contributed by atoms with Crippen LogP contribution in [0.3, 0.4) is 0 Å². The summed E-state index contributed by atoms with van der Waals surface area (Å²) in [4.78, 5) is 20.2. The van der Waals surface area contributed by atoms with Gasteiger partial charge in [0, 0.05) is 30.4 Å².